The Kier molecular flexibility index (Phi) is 38.0. The number of nitrogens with two attached hydrogens (primary N) is 2. The predicted octanol–water partition coefficient (Wildman–Crippen LogP) is 10.5. The van der Waals surface area contributed by atoms with Gasteiger partial charge >= 0.3 is 23.9 Å². The first kappa shape index (κ1) is 107. The Morgan fingerprint density at radius 2 is 0.811 bits per heavy atom. The van der Waals surface area contributed by atoms with Crippen LogP contribution in [0, 0.1) is 34.9 Å². The number of rotatable bonds is 25. The van der Waals surface area contributed by atoms with Gasteiger partial charge in [0.05, 0.1) is 62.4 Å². The van der Waals surface area contributed by atoms with Crippen LogP contribution in [0.25, 0.3) is 0 Å². The largest absolute Gasteiger partial charge is 0.483 e. The van der Waals surface area contributed by atoms with Gasteiger partial charge in [-0.2, -0.15) is 0 Å². The molecule has 17 rings (SSSR count). The Balaban J connectivity index is 0.000000161. The zero-order valence-corrected chi connectivity index (χ0v) is 78.9. The summed E-state index contributed by atoms with van der Waals surface area (Å²) in [6, 6.07) is 37.5. The topological polar surface area (TPSA) is 462 Å². The van der Waals surface area contributed by atoms with Crippen LogP contribution in [-0.2, 0) is 63.2 Å². The standard InChI is InChI=1S/C28H26F3N3O5.C22H24N2O6.C21H22N2O6.C18H18O7.C7H6F3N.C6H14N2O/c1-38-23-8-5-9-33-14-22(23)34-13-19(27(36)32-12-18-20(30)10-17(29)11-21(18)31)25(35)26(24(34)28(33)37)39-15-16-6-3-2-4-7-16;1-2-29-22(28)15-11-24-16-12-23(10-6-9-17(16)25)21(27)18(24)20(19(15)26)30-13-14-7-4-3-5-8-14;1-28-16-8-5-9-22-11-15(16)23-10-14(21(26)27)18(24)19(17(23)20(22)25)29-12-13-6-3-2-4-7-13;1-3-22-17(20)13-11-25-16(18(21)23-4-2)15(14(13)19)24-10-12-8-6-5-7-9-12;8-4-1-6(9)5(3-11)7(10)2-4;7-5-4-8-3-1-2-6(5)9/h2-4,6-7,10-11,13,22-23H,5,8-9,12,14-15H2,1H3,(H,32,36);3-5,7-8,11,16-17,25H,2,6,9-10,12-13H2,1H3;2-4,6-7,10,15-16H,5,8-9,11-12H2,1H3,(H,26,27);5-9,11H,3-4,10H2,1-2H3;1-2H,3,11H2;5-6,8-9H,1-4,7H2/t22?,23-;16?,17-;15?,16-;;;/m111.../s1. The SMILES string of the molecule is CCOC(=O)c1cn2c(c(OCc3ccccc3)c1=O)C(=O)N1CCC[C@@H](O)C2C1.CCOC(=O)c1occ(C(=O)OCC)c(=O)c1OCc1ccccc1.CO[C@@H]1CCCN2CC1n1cc(C(=O)NCc3c(F)cc(F)cc3F)c(=O)c(OCc3ccccc3)c1C2=O.CO[C@@H]1CCCN2CC1n1cc(C(=O)O)c(=O)c(OCc3ccccc3)c1C2=O.NC1CNCCCC1O.NCc1c(F)cc(F)cc1F. The number of amides is 4. The highest BCUT2D eigenvalue weighted by Gasteiger charge is 2.45. The molecule has 5 unspecified atom stereocenters. The van der Waals surface area contributed by atoms with E-state index in [1.165, 1.54) is 23.2 Å². The maximum atomic E-state index is 14.1. The molecule has 6 bridgehead atoms. The molecule has 6 aromatic carbocycles. The molecule has 4 fully saturated rings. The number of aliphatic hydroxyl groups is 2. The molecule has 0 spiro atoms. The quantitative estimate of drug-likeness (QED) is 0.0159. The average molecular weight is 1990 g/mol. The zero-order valence-electron chi connectivity index (χ0n) is 78.9. The van der Waals surface area contributed by atoms with E-state index < -0.39 is 134 Å². The average Bonchev–Trinajstić information content (AvgIpc) is 1.69. The van der Waals surface area contributed by atoms with Crippen LogP contribution in [0.3, 0.4) is 0 Å². The second kappa shape index (κ2) is 50.7. The normalized spacial score (nSPS) is 18.4. The molecule has 10 aromatic rings. The van der Waals surface area contributed by atoms with Crippen molar-refractivity contribution in [3.8, 4) is 23.0 Å². The van der Waals surface area contributed by atoms with E-state index in [2.05, 4.69) is 10.6 Å². The lowest BCUT2D eigenvalue weighted by Gasteiger charge is -2.37. The Hall–Kier alpha value is -14.6. The fourth-order valence-corrected chi connectivity index (χ4v) is 17.0. The van der Waals surface area contributed by atoms with Crippen molar-refractivity contribution in [1.82, 2.24) is 39.0 Å². The van der Waals surface area contributed by atoms with Gasteiger partial charge in [-0.3, -0.25) is 38.4 Å². The van der Waals surface area contributed by atoms with Crippen LogP contribution in [0.4, 0.5) is 26.3 Å². The van der Waals surface area contributed by atoms with Crippen molar-refractivity contribution in [3.63, 3.8) is 0 Å². The van der Waals surface area contributed by atoms with Crippen LogP contribution in [0.15, 0.2) is 194 Å². The Morgan fingerprint density at radius 3 is 1.23 bits per heavy atom. The minimum Gasteiger partial charge on any atom is -0.483 e. The van der Waals surface area contributed by atoms with Crippen LogP contribution in [0.1, 0.15) is 207 Å². The van der Waals surface area contributed by atoms with Crippen LogP contribution >= 0.6 is 0 Å². The molecule has 4 saturated heterocycles. The first-order chi connectivity index (χ1) is 68.8. The summed E-state index contributed by atoms with van der Waals surface area (Å²) in [4.78, 5) is 158. The van der Waals surface area contributed by atoms with Gasteiger partial charge in [-0.05, 0) is 101 Å². The smallest absolute Gasteiger partial charge is 0.378 e. The molecule has 760 valence electrons. The first-order valence-electron chi connectivity index (χ1n) is 46.3. The number of hydrogen-bond acceptors (Lipinski definition) is 27. The van der Waals surface area contributed by atoms with Crippen LogP contribution in [-0.4, -0.2) is 208 Å². The van der Waals surface area contributed by atoms with E-state index in [-0.39, 0.29) is 157 Å². The number of aromatic nitrogens is 3. The third kappa shape index (κ3) is 26.2. The van der Waals surface area contributed by atoms with Crippen LogP contribution in [0.2, 0.25) is 0 Å². The summed E-state index contributed by atoms with van der Waals surface area (Å²) in [5.74, 6) is -13.5. The molecule has 0 saturated carbocycles. The van der Waals surface area contributed by atoms with Gasteiger partial charge in [0.2, 0.25) is 27.5 Å². The third-order valence-corrected chi connectivity index (χ3v) is 24.4. The minimum atomic E-state index is -1.35. The second-order valence-corrected chi connectivity index (χ2v) is 33.7. The van der Waals surface area contributed by atoms with Gasteiger partial charge in [-0.1, -0.05) is 121 Å². The summed E-state index contributed by atoms with van der Waals surface area (Å²) < 4.78 is 138. The van der Waals surface area contributed by atoms with Gasteiger partial charge < -0.3 is 113 Å². The van der Waals surface area contributed by atoms with E-state index in [0.717, 1.165) is 67.3 Å². The highest BCUT2D eigenvalue weighted by molar-refractivity contribution is 6.01. The number of carboxylic acids is 1. The lowest BCUT2D eigenvalue weighted by Crippen LogP contribution is -2.47. The number of methoxy groups -OCH3 is 2. The molecule has 0 radical (unpaired) electrons. The van der Waals surface area contributed by atoms with E-state index in [4.69, 9.17) is 58.5 Å². The number of pyridine rings is 3. The van der Waals surface area contributed by atoms with Crippen molar-refractivity contribution < 1.29 is 127 Å². The molecule has 8 atom stereocenters. The number of hydrogen-bond donors (Lipinski definition) is 7. The molecule has 35 nitrogen and oxygen atoms in total. The molecule has 7 aliphatic rings. The number of halogens is 6. The first-order valence-corrected chi connectivity index (χ1v) is 46.3. The van der Waals surface area contributed by atoms with Crippen molar-refractivity contribution in [2.24, 2.45) is 11.5 Å². The van der Waals surface area contributed by atoms with Gasteiger partial charge in [-0.15, -0.1) is 0 Å². The van der Waals surface area contributed by atoms with Gasteiger partial charge in [0, 0.05) is 133 Å². The summed E-state index contributed by atoms with van der Waals surface area (Å²) >= 11 is 0. The Morgan fingerprint density at radius 1 is 0.455 bits per heavy atom. The Labute approximate surface area is 815 Å². The lowest BCUT2D eigenvalue weighted by molar-refractivity contribution is 0.0344. The summed E-state index contributed by atoms with van der Waals surface area (Å²) in [5.41, 5.74) is 8.60. The number of aliphatic hydroxyl groups excluding tert-OH is 2. The summed E-state index contributed by atoms with van der Waals surface area (Å²) in [7, 11) is 3.16. The predicted molar refractivity (Wildman–Crippen MR) is 503 cm³/mol. The molecule has 7 aliphatic heterocycles. The fraction of sp³-hybridized carbons (Fsp3) is 0.373. The van der Waals surface area contributed by atoms with Gasteiger partial charge in [0.25, 0.3) is 29.4 Å². The van der Waals surface area contributed by atoms with E-state index in [1.54, 1.807) is 95.2 Å². The van der Waals surface area contributed by atoms with Gasteiger partial charge in [0.1, 0.15) is 89.8 Å². The Bertz CT molecular complexity index is 6400. The number of ether oxygens (including phenoxy) is 9. The van der Waals surface area contributed by atoms with Crippen molar-refractivity contribution in [3.05, 3.63) is 325 Å². The van der Waals surface area contributed by atoms with Crippen molar-refractivity contribution in [1.29, 1.82) is 0 Å². The fourth-order valence-electron chi connectivity index (χ4n) is 17.0. The number of nitrogens with one attached hydrogen (secondary N) is 2. The highest BCUT2D eigenvalue weighted by atomic mass is 19.2. The number of carboxylic acid groups (broad SMARTS) is 1. The number of carbonyl (C=O) groups is 8. The molecular formula is C102H110F6N10O25. The molecule has 4 amide bonds. The second-order valence-electron chi connectivity index (χ2n) is 33.7. The summed E-state index contributed by atoms with van der Waals surface area (Å²) in [5, 5.41) is 34.9. The van der Waals surface area contributed by atoms with Crippen molar-refractivity contribution >= 4 is 47.5 Å². The highest BCUT2D eigenvalue weighted by Crippen LogP contribution is 2.39. The zero-order chi connectivity index (χ0) is 103. The van der Waals surface area contributed by atoms with Crippen molar-refractivity contribution in [2.75, 3.05) is 86.4 Å². The number of esters is 3. The third-order valence-electron chi connectivity index (χ3n) is 24.4. The molecule has 41 heteroatoms. The van der Waals surface area contributed by atoms with Gasteiger partial charge in [-0.25, -0.2) is 45.5 Å². The van der Waals surface area contributed by atoms with Gasteiger partial charge in [0.15, 0.2) is 34.3 Å². The summed E-state index contributed by atoms with van der Waals surface area (Å²) in [6.45, 7) is 8.71. The molecule has 143 heavy (non-hydrogen) atoms. The number of carbonyl (C=O) groups excluding carboxylic acids is 7. The molecule has 11 heterocycles. The number of fused-ring (bicyclic) bond motifs is 12. The monoisotopic (exact) mass is 1990 g/mol. The maximum absolute atomic E-state index is 14.1. The van der Waals surface area contributed by atoms with E-state index in [9.17, 15) is 99.2 Å². The maximum Gasteiger partial charge on any atom is 0.378 e. The number of aromatic carboxylic acids is 1. The lowest BCUT2D eigenvalue weighted by atomic mass is 10.0. The van der Waals surface area contributed by atoms with Crippen LogP contribution < -0.4 is 62.8 Å². The molecular weight excluding hydrogens is 1880 g/mol. The molecule has 4 aromatic heterocycles. The van der Waals surface area contributed by atoms with E-state index in [1.807, 2.05) is 84.9 Å². The summed E-state index contributed by atoms with van der Waals surface area (Å²) in [6.07, 6.45) is 9.16. The van der Waals surface area contributed by atoms with Crippen molar-refractivity contribution in [2.45, 2.75) is 160 Å². The molecule has 9 N–H and O–H groups in total. The number of benzene rings is 6. The van der Waals surface area contributed by atoms with E-state index >= 15 is 0 Å². The van der Waals surface area contributed by atoms with Crippen LogP contribution in [0.5, 0.6) is 23.0 Å². The van der Waals surface area contributed by atoms with E-state index in [0.29, 0.717) is 89.2 Å². The minimum absolute atomic E-state index is 0.0169. The number of nitrogens with zero attached hydrogens (tertiary/aromatic N) is 6. The molecule has 0 aliphatic carbocycles.